The molecule has 2 aliphatic rings. The number of amides is 2. The number of tetrazole rings is 1. The zero-order valence-corrected chi connectivity index (χ0v) is 23.6. The van der Waals surface area contributed by atoms with E-state index in [1.807, 2.05) is 0 Å². The first-order valence-corrected chi connectivity index (χ1v) is 14.5. The highest BCUT2D eigenvalue weighted by atomic mass is 32.2. The summed E-state index contributed by atoms with van der Waals surface area (Å²) in [6.07, 6.45) is -4.63. The van der Waals surface area contributed by atoms with Crippen LogP contribution in [0.1, 0.15) is 11.4 Å². The summed E-state index contributed by atoms with van der Waals surface area (Å²) in [7, 11) is 1.62. The van der Waals surface area contributed by atoms with E-state index < -0.39 is 52.1 Å². The Hall–Kier alpha value is -3.98. The molecule has 2 amide bonds. The van der Waals surface area contributed by atoms with Crippen molar-refractivity contribution >= 4 is 63.7 Å². The smallest absolute Gasteiger partial charge is 0.416 e. The van der Waals surface area contributed by atoms with Crippen LogP contribution < -0.4 is 15.9 Å². The van der Waals surface area contributed by atoms with E-state index in [4.69, 9.17) is 10.6 Å². The third kappa shape index (κ3) is 5.83. The van der Waals surface area contributed by atoms with E-state index in [0.717, 1.165) is 35.4 Å². The molecule has 42 heavy (non-hydrogen) atoms. The van der Waals surface area contributed by atoms with E-state index in [1.165, 1.54) is 27.4 Å². The number of oxime groups is 1. The van der Waals surface area contributed by atoms with Gasteiger partial charge in [-0.05, 0) is 28.6 Å². The first-order chi connectivity index (χ1) is 19.9. The largest absolute Gasteiger partial charge is 0.481 e. The summed E-state index contributed by atoms with van der Waals surface area (Å²) >= 11 is 3.07. The lowest BCUT2D eigenvalue weighted by Crippen LogP contribution is -2.74. The van der Waals surface area contributed by atoms with Gasteiger partial charge in [0.2, 0.25) is 22.6 Å². The number of benzene rings is 1. The highest BCUT2D eigenvalue weighted by Gasteiger charge is 2.57. The van der Waals surface area contributed by atoms with Crippen molar-refractivity contribution < 1.29 is 37.5 Å². The van der Waals surface area contributed by atoms with Crippen molar-refractivity contribution in [3.63, 3.8) is 0 Å². The molecule has 4 heterocycles. The van der Waals surface area contributed by atoms with Gasteiger partial charge in [-0.3, -0.25) is 14.4 Å². The van der Waals surface area contributed by atoms with E-state index in [-0.39, 0.29) is 34.8 Å². The normalized spacial score (nSPS) is 22.3. The average Bonchev–Trinajstić information content (AvgIpc) is 3.57. The maximum Gasteiger partial charge on any atom is 0.416 e. The first-order valence-electron chi connectivity index (χ1n) is 11.7. The molecule has 3 atom stereocenters. The van der Waals surface area contributed by atoms with Gasteiger partial charge in [0.25, 0.3) is 5.91 Å². The number of nitrogens with two attached hydrogens (primary N) is 1. The number of carboxylic acid groups (broad SMARTS) is 1. The summed E-state index contributed by atoms with van der Waals surface area (Å²) in [4.78, 5) is 48.9. The standard InChI is InChI=1S/C21H19F3N10O5S3/c1-33-19(28-31-32-33)41-8-20(17(37)38)6-34-15(36)12(16(34)40-7-20)26-14(35)11(13-27-18(25)42-30-13)29-39-10-4-2-3-9(5-10)21(22,23)24/h2-5,12,16H,6-8H2,1H3,(H,26,35)(H,37,38)(H2,25,27,30)/t12?,16-,20?/m1/s1. The molecule has 0 bridgehead atoms. The number of fused-ring (bicyclic) bond motifs is 1. The molecule has 2 fully saturated rings. The third-order valence-electron chi connectivity index (χ3n) is 6.22. The summed E-state index contributed by atoms with van der Waals surface area (Å²) in [6.45, 7) is -0.104. The van der Waals surface area contributed by atoms with Crippen molar-refractivity contribution in [3.05, 3.63) is 35.7 Å². The van der Waals surface area contributed by atoms with Gasteiger partial charge < -0.3 is 25.9 Å². The van der Waals surface area contributed by atoms with Crippen LogP contribution in [0.25, 0.3) is 0 Å². The SMILES string of the molecule is Cn1nnnc1SCC1(C(=O)O)CS[C@@H]2C(NC(=O)C(=NOc3cccc(C(F)(F)F)c3)c3nsc(N)n3)C(=O)N2C1. The fourth-order valence-corrected chi connectivity index (χ4v) is 7.15. The number of alkyl halides is 3. The molecule has 2 unspecified atom stereocenters. The molecule has 15 nitrogen and oxygen atoms in total. The molecule has 0 radical (unpaired) electrons. The second-order valence-electron chi connectivity index (χ2n) is 9.09. The van der Waals surface area contributed by atoms with Crippen LogP contribution in [0.3, 0.4) is 0 Å². The van der Waals surface area contributed by atoms with Crippen molar-refractivity contribution in [2.75, 3.05) is 23.8 Å². The number of aryl methyl sites for hydroxylation is 1. The van der Waals surface area contributed by atoms with Gasteiger partial charge in [0.05, 0.1) is 5.56 Å². The second-order valence-corrected chi connectivity index (χ2v) is 11.9. The summed E-state index contributed by atoms with van der Waals surface area (Å²) in [5, 5.41) is 27.1. The minimum atomic E-state index is -4.63. The van der Waals surface area contributed by atoms with Gasteiger partial charge in [-0.25, -0.2) is 4.68 Å². The van der Waals surface area contributed by atoms with Crippen LogP contribution in [-0.4, -0.2) is 92.5 Å². The maximum absolute atomic E-state index is 13.2. The van der Waals surface area contributed by atoms with Crippen molar-refractivity contribution in [2.24, 2.45) is 17.6 Å². The van der Waals surface area contributed by atoms with E-state index in [9.17, 15) is 32.7 Å². The molecule has 0 spiro atoms. The number of hydrogen-bond donors (Lipinski definition) is 3. The van der Waals surface area contributed by atoms with Crippen LogP contribution in [-0.2, 0) is 27.6 Å². The van der Waals surface area contributed by atoms with Gasteiger partial charge in [0.15, 0.2) is 10.9 Å². The number of carboxylic acids is 1. The molecule has 2 saturated heterocycles. The first kappa shape index (κ1) is 29.5. The molecule has 1 aromatic carbocycles. The van der Waals surface area contributed by atoms with E-state index in [0.29, 0.717) is 11.2 Å². The molecule has 4 N–H and O–H groups in total. The Morgan fingerprint density at radius 2 is 2.17 bits per heavy atom. The zero-order chi connectivity index (χ0) is 30.2. The fourth-order valence-electron chi connectivity index (χ4n) is 4.00. The molecule has 2 aromatic heterocycles. The van der Waals surface area contributed by atoms with Gasteiger partial charge in [-0.15, -0.1) is 16.9 Å². The van der Waals surface area contributed by atoms with Gasteiger partial charge >= 0.3 is 12.1 Å². The zero-order valence-electron chi connectivity index (χ0n) is 21.2. The Morgan fingerprint density at radius 3 is 2.81 bits per heavy atom. The molecule has 5 rings (SSSR count). The van der Waals surface area contributed by atoms with E-state index in [1.54, 1.807) is 7.05 Å². The van der Waals surface area contributed by atoms with Crippen LogP contribution in [0.5, 0.6) is 5.75 Å². The third-order valence-corrected chi connectivity index (χ3v) is 9.65. The Bertz CT molecular complexity index is 1570. The molecule has 2 aliphatic heterocycles. The Labute approximate surface area is 246 Å². The topological polar surface area (TPSA) is 204 Å². The molecule has 3 aromatic rings. The predicted octanol–water partition coefficient (Wildman–Crippen LogP) is 0.709. The van der Waals surface area contributed by atoms with Crippen LogP contribution in [0.15, 0.2) is 34.6 Å². The van der Waals surface area contributed by atoms with Gasteiger partial charge in [0, 0.05) is 36.6 Å². The number of β-lactam (4-membered cyclic amide) rings is 1. The number of carbonyl (C=O) groups excluding carboxylic acids is 2. The number of anilines is 1. The number of rotatable bonds is 9. The molecular weight excluding hydrogens is 625 g/mol. The Morgan fingerprint density at radius 1 is 1.38 bits per heavy atom. The number of thioether (sulfide) groups is 2. The van der Waals surface area contributed by atoms with Crippen molar-refractivity contribution in [1.29, 1.82) is 0 Å². The summed E-state index contributed by atoms with van der Waals surface area (Å²) in [5.41, 5.74) is 2.81. The lowest BCUT2D eigenvalue weighted by atomic mass is 9.89. The number of carbonyl (C=O) groups is 3. The minimum absolute atomic E-state index is 0.0155. The number of hydrogen-bond acceptors (Lipinski definition) is 14. The van der Waals surface area contributed by atoms with Crippen LogP contribution >= 0.6 is 35.1 Å². The maximum atomic E-state index is 13.2. The number of halogens is 3. The Balaban J connectivity index is 1.29. The van der Waals surface area contributed by atoms with Crippen LogP contribution in [0.2, 0.25) is 0 Å². The number of aromatic nitrogens is 6. The van der Waals surface area contributed by atoms with E-state index >= 15 is 0 Å². The van der Waals surface area contributed by atoms with Crippen molar-refractivity contribution in [3.8, 4) is 5.75 Å². The summed E-state index contributed by atoms with van der Waals surface area (Å²) in [5.74, 6) is -2.92. The Kier molecular flexibility index (Phi) is 7.98. The van der Waals surface area contributed by atoms with Crippen molar-refractivity contribution in [1.82, 2.24) is 39.8 Å². The monoisotopic (exact) mass is 644 g/mol. The number of nitrogens with zero attached hydrogens (tertiary/aromatic N) is 8. The summed E-state index contributed by atoms with van der Waals surface area (Å²) in [6, 6.07) is 2.81. The lowest BCUT2D eigenvalue weighted by Gasteiger charge is -2.53. The fraction of sp³-hybridized carbons (Fsp3) is 0.381. The van der Waals surface area contributed by atoms with Crippen LogP contribution in [0, 0.1) is 5.41 Å². The number of nitrogen functional groups attached to an aromatic ring is 1. The molecule has 0 aliphatic carbocycles. The quantitative estimate of drug-likeness (QED) is 0.127. The van der Waals surface area contributed by atoms with Gasteiger partial charge in [-0.2, -0.15) is 22.5 Å². The van der Waals surface area contributed by atoms with Gasteiger partial charge in [-0.1, -0.05) is 23.0 Å². The van der Waals surface area contributed by atoms with Gasteiger partial charge in [0.1, 0.15) is 16.8 Å². The van der Waals surface area contributed by atoms with Crippen LogP contribution in [0.4, 0.5) is 18.3 Å². The number of nitrogens with one attached hydrogen (secondary N) is 1. The summed E-state index contributed by atoms with van der Waals surface area (Å²) < 4.78 is 44.5. The predicted molar refractivity (Wildman–Crippen MR) is 142 cm³/mol. The number of aliphatic carboxylic acids is 1. The second kappa shape index (κ2) is 11.4. The van der Waals surface area contributed by atoms with E-state index in [2.05, 4.69) is 35.4 Å². The highest BCUT2D eigenvalue weighted by molar-refractivity contribution is 8.00. The molecule has 0 saturated carbocycles. The average molecular weight is 645 g/mol. The van der Waals surface area contributed by atoms with Crippen molar-refractivity contribution in [2.45, 2.75) is 22.7 Å². The minimum Gasteiger partial charge on any atom is -0.481 e. The lowest BCUT2D eigenvalue weighted by molar-refractivity contribution is -0.157. The molecule has 21 heteroatoms. The molecular formula is C21H19F3N10O5S3. The molecule has 222 valence electrons. The highest BCUT2D eigenvalue weighted by Crippen LogP contribution is 2.44.